The summed E-state index contributed by atoms with van der Waals surface area (Å²) in [5.74, 6) is -0.165. The largest absolute Gasteiger partial charge is 0.381 e. The van der Waals surface area contributed by atoms with Crippen molar-refractivity contribution >= 4 is 18.3 Å². The molecular weight excluding hydrogens is 307 g/mol. The monoisotopic (exact) mass is 328 g/mol. The molecule has 2 fully saturated rings. The van der Waals surface area contributed by atoms with Crippen LogP contribution in [0.4, 0.5) is 4.39 Å². The number of carbonyl (C=O) groups is 1. The minimum absolute atomic E-state index is 0. The third kappa shape index (κ3) is 3.12. The Balaban J connectivity index is 0.00000176. The van der Waals surface area contributed by atoms with Gasteiger partial charge in [-0.1, -0.05) is 12.1 Å². The van der Waals surface area contributed by atoms with Crippen LogP contribution in [0, 0.1) is 5.82 Å². The minimum atomic E-state index is -0.587. The van der Waals surface area contributed by atoms with Crippen molar-refractivity contribution in [2.24, 2.45) is 5.73 Å². The quantitative estimate of drug-likeness (QED) is 0.901. The molecule has 1 atom stereocenters. The van der Waals surface area contributed by atoms with Crippen molar-refractivity contribution in [1.82, 2.24) is 4.90 Å². The molecule has 2 heterocycles. The fourth-order valence-electron chi connectivity index (χ4n) is 3.39. The van der Waals surface area contributed by atoms with E-state index in [2.05, 4.69) is 0 Å². The third-order valence-electron chi connectivity index (χ3n) is 4.66. The van der Waals surface area contributed by atoms with Crippen LogP contribution in [0.15, 0.2) is 24.3 Å². The van der Waals surface area contributed by atoms with Crippen molar-refractivity contribution < 1.29 is 13.9 Å². The molecule has 4 nitrogen and oxygen atoms in total. The van der Waals surface area contributed by atoms with Crippen LogP contribution in [-0.2, 0) is 14.9 Å². The number of hydrogen-bond donors (Lipinski definition) is 1. The first-order valence-corrected chi connectivity index (χ1v) is 7.50. The van der Waals surface area contributed by atoms with Gasteiger partial charge in [0.15, 0.2) is 0 Å². The lowest BCUT2D eigenvalue weighted by atomic mass is 9.73. The predicted molar refractivity (Wildman–Crippen MR) is 84.6 cm³/mol. The highest BCUT2D eigenvalue weighted by Crippen LogP contribution is 2.37. The summed E-state index contributed by atoms with van der Waals surface area (Å²) in [5, 5.41) is 0. The molecule has 2 aliphatic rings. The van der Waals surface area contributed by atoms with Crippen molar-refractivity contribution in [3.8, 4) is 0 Å². The van der Waals surface area contributed by atoms with Crippen molar-refractivity contribution in [1.29, 1.82) is 0 Å². The van der Waals surface area contributed by atoms with Crippen LogP contribution in [0.1, 0.15) is 24.8 Å². The molecule has 1 amide bonds. The lowest BCUT2D eigenvalue weighted by Gasteiger charge is -2.39. The van der Waals surface area contributed by atoms with Crippen molar-refractivity contribution in [2.45, 2.75) is 30.7 Å². The summed E-state index contributed by atoms with van der Waals surface area (Å²) >= 11 is 0. The fourth-order valence-corrected chi connectivity index (χ4v) is 3.39. The van der Waals surface area contributed by atoms with Crippen LogP contribution < -0.4 is 5.73 Å². The van der Waals surface area contributed by atoms with Crippen LogP contribution >= 0.6 is 12.4 Å². The zero-order valence-electron chi connectivity index (χ0n) is 12.5. The van der Waals surface area contributed by atoms with Crippen molar-refractivity contribution in [2.75, 3.05) is 26.3 Å². The maximum Gasteiger partial charge on any atom is 0.233 e. The van der Waals surface area contributed by atoms with E-state index in [0.29, 0.717) is 39.1 Å². The highest BCUT2D eigenvalue weighted by Gasteiger charge is 2.45. The van der Waals surface area contributed by atoms with Crippen LogP contribution in [-0.4, -0.2) is 43.2 Å². The first-order valence-electron chi connectivity index (χ1n) is 7.50. The predicted octanol–water partition coefficient (Wildman–Crippen LogP) is 1.86. The number of rotatable bonds is 2. The Morgan fingerprint density at radius 3 is 2.45 bits per heavy atom. The van der Waals surface area contributed by atoms with E-state index in [9.17, 15) is 9.18 Å². The van der Waals surface area contributed by atoms with Gasteiger partial charge in [0, 0.05) is 32.3 Å². The summed E-state index contributed by atoms with van der Waals surface area (Å²) in [7, 11) is 0. The van der Waals surface area contributed by atoms with Crippen molar-refractivity contribution in [3.63, 3.8) is 0 Å². The van der Waals surface area contributed by atoms with Gasteiger partial charge in [0.2, 0.25) is 5.91 Å². The summed E-state index contributed by atoms with van der Waals surface area (Å²) in [6.45, 7) is 2.44. The SMILES string of the molecule is Cl.N[C@@H]1CCN(C(=O)C2(c3ccc(F)cc3)CCOCC2)C1. The maximum atomic E-state index is 13.2. The molecule has 22 heavy (non-hydrogen) atoms. The number of amides is 1. The summed E-state index contributed by atoms with van der Waals surface area (Å²) in [6.07, 6.45) is 2.13. The molecule has 1 aromatic carbocycles. The van der Waals surface area contributed by atoms with E-state index >= 15 is 0 Å². The minimum Gasteiger partial charge on any atom is -0.381 e. The second kappa shape index (κ2) is 6.94. The fraction of sp³-hybridized carbons (Fsp3) is 0.562. The maximum absolute atomic E-state index is 13.2. The van der Waals surface area contributed by atoms with Gasteiger partial charge < -0.3 is 15.4 Å². The zero-order valence-corrected chi connectivity index (χ0v) is 13.3. The van der Waals surface area contributed by atoms with Gasteiger partial charge in [-0.3, -0.25) is 4.79 Å². The summed E-state index contributed by atoms with van der Waals surface area (Å²) in [4.78, 5) is 14.9. The first-order chi connectivity index (χ1) is 10.1. The van der Waals surface area contributed by atoms with Gasteiger partial charge in [-0.05, 0) is 37.0 Å². The standard InChI is InChI=1S/C16H21FN2O2.ClH/c17-13-3-1-12(2-4-13)16(6-9-21-10-7-16)15(20)19-8-5-14(18)11-19;/h1-4,14H,5-11,18H2;1H/t14-;/m1./s1. The number of carbonyl (C=O) groups excluding carboxylic acids is 1. The number of nitrogens with two attached hydrogens (primary N) is 1. The lowest BCUT2D eigenvalue weighted by molar-refractivity contribution is -0.140. The Kier molecular flexibility index (Phi) is 5.42. The Morgan fingerprint density at radius 2 is 1.91 bits per heavy atom. The van der Waals surface area contributed by atoms with E-state index < -0.39 is 5.41 Å². The highest BCUT2D eigenvalue weighted by molar-refractivity contribution is 5.88. The normalized spacial score (nSPS) is 23.9. The highest BCUT2D eigenvalue weighted by atomic mass is 35.5. The Hall–Kier alpha value is -1.17. The number of halogens is 2. The Morgan fingerprint density at radius 1 is 1.27 bits per heavy atom. The molecule has 2 saturated heterocycles. The summed E-state index contributed by atoms with van der Waals surface area (Å²) < 4.78 is 18.6. The van der Waals surface area contributed by atoms with Gasteiger partial charge in [-0.2, -0.15) is 0 Å². The van der Waals surface area contributed by atoms with Crippen molar-refractivity contribution in [3.05, 3.63) is 35.6 Å². The average molecular weight is 329 g/mol. The molecule has 0 saturated carbocycles. The van der Waals surface area contributed by atoms with Gasteiger partial charge in [-0.15, -0.1) is 12.4 Å². The van der Waals surface area contributed by atoms with E-state index in [-0.39, 0.29) is 30.2 Å². The molecule has 3 rings (SSSR count). The second-order valence-corrected chi connectivity index (χ2v) is 6.00. The second-order valence-electron chi connectivity index (χ2n) is 6.00. The average Bonchev–Trinajstić information content (AvgIpc) is 2.94. The molecule has 2 aliphatic heterocycles. The first kappa shape index (κ1) is 17.2. The van der Waals surface area contributed by atoms with Gasteiger partial charge in [0.05, 0.1) is 5.41 Å². The molecule has 0 spiro atoms. The lowest BCUT2D eigenvalue weighted by Crippen LogP contribution is -2.49. The molecule has 0 radical (unpaired) electrons. The van der Waals surface area contributed by atoms with E-state index in [4.69, 9.17) is 10.5 Å². The molecule has 1 aromatic rings. The van der Waals surface area contributed by atoms with Gasteiger partial charge in [-0.25, -0.2) is 4.39 Å². The van der Waals surface area contributed by atoms with Crippen LogP contribution in [0.3, 0.4) is 0 Å². The number of benzene rings is 1. The van der Waals surface area contributed by atoms with E-state index in [1.165, 1.54) is 12.1 Å². The zero-order chi connectivity index (χ0) is 14.9. The molecule has 0 unspecified atom stereocenters. The van der Waals surface area contributed by atoms with Gasteiger partial charge in [0.1, 0.15) is 5.82 Å². The summed E-state index contributed by atoms with van der Waals surface area (Å²) in [5.41, 5.74) is 6.23. The molecule has 0 aromatic heterocycles. The smallest absolute Gasteiger partial charge is 0.233 e. The van der Waals surface area contributed by atoms with Gasteiger partial charge >= 0.3 is 0 Å². The number of nitrogens with zero attached hydrogens (tertiary/aromatic N) is 1. The number of likely N-dealkylation sites (tertiary alicyclic amines) is 1. The summed E-state index contributed by atoms with van der Waals surface area (Å²) in [6, 6.07) is 6.38. The molecule has 6 heteroatoms. The Bertz CT molecular complexity index is 517. The third-order valence-corrected chi connectivity index (χ3v) is 4.66. The number of hydrogen-bond acceptors (Lipinski definition) is 3. The molecule has 0 aliphatic carbocycles. The van der Waals surface area contributed by atoms with E-state index in [0.717, 1.165) is 12.0 Å². The van der Waals surface area contributed by atoms with E-state index in [1.54, 1.807) is 12.1 Å². The van der Waals surface area contributed by atoms with Crippen LogP contribution in [0.2, 0.25) is 0 Å². The molecule has 122 valence electrons. The Labute approximate surface area is 136 Å². The topological polar surface area (TPSA) is 55.6 Å². The van der Waals surface area contributed by atoms with Gasteiger partial charge in [0.25, 0.3) is 0 Å². The number of ether oxygens (including phenoxy) is 1. The van der Waals surface area contributed by atoms with E-state index in [1.807, 2.05) is 4.90 Å². The molecular formula is C16H22ClFN2O2. The van der Waals surface area contributed by atoms with Crippen LogP contribution in [0.25, 0.3) is 0 Å². The molecule has 0 bridgehead atoms. The molecule has 2 N–H and O–H groups in total. The van der Waals surface area contributed by atoms with Crippen LogP contribution in [0.5, 0.6) is 0 Å².